The van der Waals surface area contributed by atoms with Crippen LogP contribution in [0.1, 0.15) is 23.2 Å². The standard InChI is InChI=1S/C12H15FN2O2/c13-10-6-8(12(14)16)3-4-11(10)17-9-2-1-5-15-7-9/h3-4,6,9,15H,1-2,5,7H2,(H2,14,16)/t9-/m0/s1. The molecule has 0 bridgehead atoms. The highest BCUT2D eigenvalue weighted by molar-refractivity contribution is 5.92. The summed E-state index contributed by atoms with van der Waals surface area (Å²) in [6.07, 6.45) is 1.91. The first-order valence-electron chi connectivity index (χ1n) is 5.63. The van der Waals surface area contributed by atoms with E-state index in [-0.39, 0.29) is 17.4 Å². The van der Waals surface area contributed by atoms with Crippen LogP contribution < -0.4 is 15.8 Å². The van der Waals surface area contributed by atoms with Crippen LogP contribution in [0.25, 0.3) is 0 Å². The van der Waals surface area contributed by atoms with Gasteiger partial charge in [0.15, 0.2) is 11.6 Å². The Labute approximate surface area is 98.9 Å². The van der Waals surface area contributed by atoms with Crippen LogP contribution in [0.3, 0.4) is 0 Å². The first-order valence-corrected chi connectivity index (χ1v) is 5.63. The summed E-state index contributed by atoms with van der Waals surface area (Å²) in [7, 11) is 0. The third-order valence-electron chi connectivity index (χ3n) is 2.76. The molecule has 1 aromatic carbocycles. The van der Waals surface area contributed by atoms with Gasteiger partial charge in [-0.3, -0.25) is 4.79 Å². The first kappa shape index (κ1) is 11.9. The van der Waals surface area contributed by atoms with E-state index in [9.17, 15) is 9.18 Å². The van der Waals surface area contributed by atoms with Crippen molar-refractivity contribution in [2.75, 3.05) is 13.1 Å². The highest BCUT2D eigenvalue weighted by atomic mass is 19.1. The largest absolute Gasteiger partial charge is 0.486 e. The van der Waals surface area contributed by atoms with Crippen molar-refractivity contribution in [2.45, 2.75) is 18.9 Å². The summed E-state index contributed by atoms with van der Waals surface area (Å²) in [6.45, 7) is 1.69. The number of ether oxygens (including phenoxy) is 1. The molecule has 17 heavy (non-hydrogen) atoms. The van der Waals surface area contributed by atoms with Crippen molar-refractivity contribution >= 4 is 5.91 Å². The molecule has 2 rings (SSSR count). The summed E-state index contributed by atoms with van der Waals surface area (Å²) in [5, 5.41) is 3.18. The van der Waals surface area contributed by atoms with Gasteiger partial charge in [0.1, 0.15) is 6.10 Å². The van der Waals surface area contributed by atoms with Gasteiger partial charge in [0.25, 0.3) is 0 Å². The van der Waals surface area contributed by atoms with E-state index in [2.05, 4.69) is 5.32 Å². The normalized spacial score (nSPS) is 19.9. The van der Waals surface area contributed by atoms with Crippen molar-refractivity contribution < 1.29 is 13.9 Å². The molecule has 4 nitrogen and oxygen atoms in total. The Bertz CT molecular complexity index is 417. The Morgan fingerprint density at radius 2 is 2.35 bits per heavy atom. The second kappa shape index (κ2) is 5.14. The number of hydrogen-bond acceptors (Lipinski definition) is 3. The zero-order valence-corrected chi connectivity index (χ0v) is 9.41. The van der Waals surface area contributed by atoms with Gasteiger partial charge in [0.2, 0.25) is 5.91 Å². The number of piperidine rings is 1. The average Bonchev–Trinajstić information content (AvgIpc) is 2.33. The molecule has 0 saturated carbocycles. The number of carbonyl (C=O) groups excluding carboxylic acids is 1. The number of hydrogen-bond donors (Lipinski definition) is 2. The molecule has 1 aliphatic heterocycles. The molecule has 3 N–H and O–H groups in total. The van der Waals surface area contributed by atoms with E-state index in [0.717, 1.165) is 32.0 Å². The topological polar surface area (TPSA) is 64.4 Å². The Hall–Kier alpha value is -1.62. The molecular weight excluding hydrogens is 223 g/mol. The third-order valence-corrected chi connectivity index (χ3v) is 2.76. The van der Waals surface area contributed by atoms with Crippen LogP contribution in [0.5, 0.6) is 5.75 Å². The number of primary amides is 1. The molecule has 1 aliphatic rings. The minimum absolute atomic E-state index is 0.0160. The van der Waals surface area contributed by atoms with Gasteiger partial charge < -0.3 is 15.8 Å². The van der Waals surface area contributed by atoms with Crippen molar-refractivity contribution in [3.63, 3.8) is 0 Å². The SMILES string of the molecule is NC(=O)c1ccc(O[C@H]2CCCNC2)c(F)c1. The van der Waals surface area contributed by atoms with Crippen LogP contribution in [-0.4, -0.2) is 25.1 Å². The molecule has 1 aromatic rings. The number of rotatable bonds is 3. The summed E-state index contributed by atoms with van der Waals surface area (Å²) < 4.78 is 19.1. The molecule has 0 aliphatic carbocycles. The molecule has 1 heterocycles. The molecule has 1 amide bonds. The molecular formula is C12H15FN2O2. The van der Waals surface area contributed by atoms with E-state index in [4.69, 9.17) is 10.5 Å². The zero-order valence-electron chi connectivity index (χ0n) is 9.41. The molecule has 1 saturated heterocycles. The van der Waals surface area contributed by atoms with E-state index in [0.29, 0.717) is 0 Å². The van der Waals surface area contributed by atoms with E-state index >= 15 is 0 Å². The summed E-state index contributed by atoms with van der Waals surface area (Å²) >= 11 is 0. The van der Waals surface area contributed by atoms with E-state index < -0.39 is 11.7 Å². The first-order chi connectivity index (χ1) is 8.16. The molecule has 0 radical (unpaired) electrons. The van der Waals surface area contributed by atoms with E-state index in [1.165, 1.54) is 12.1 Å². The molecule has 1 fully saturated rings. The van der Waals surface area contributed by atoms with Crippen molar-refractivity contribution in [3.05, 3.63) is 29.6 Å². The van der Waals surface area contributed by atoms with Crippen molar-refractivity contribution in [1.82, 2.24) is 5.32 Å². The van der Waals surface area contributed by atoms with Crippen LogP contribution in [-0.2, 0) is 0 Å². The number of amides is 1. The molecule has 5 heteroatoms. The molecule has 0 spiro atoms. The van der Waals surface area contributed by atoms with Gasteiger partial charge >= 0.3 is 0 Å². The predicted molar refractivity (Wildman–Crippen MR) is 61.4 cm³/mol. The van der Waals surface area contributed by atoms with Crippen LogP contribution in [0.2, 0.25) is 0 Å². The maximum Gasteiger partial charge on any atom is 0.248 e. The van der Waals surface area contributed by atoms with Crippen molar-refractivity contribution in [1.29, 1.82) is 0 Å². The summed E-state index contributed by atoms with van der Waals surface area (Å²) in [6, 6.07) is 4.02. The van der Waals surface area contributed by atoms with Gasteiger partial charge in [-0.15, -0.1) is 0 Å². The van der Waals surface area contributed by atoms with Gasteiger partial charge in [-0.1, -0.05) is 0 Å². The summed E-state index contributed by atoms with van der Waals surface area (Å²) in [5.74, 6) is -1.02. The van der Waals surface area contributed by atoms with Crippen molar-refractivity contribution in [2.24, 2.45) is 5.73 Å². The van der Waals surface area contributed by atoms with E-state index in [1.807, 2.05) is 0 Å². The Morgan fingerprint density at radius 1 is 1.53 bits per heavy atom. The van der Waals surface area contributed by atoms with Gasteiger partial charge in [0.05, 0.1) is 0 Å². The highest BCUT2D eigenvalue weighted by Gasteiger charge is 2.16. The van der Waals surface area contributed by atoms with Crippen LogP contribution in [0.4, 0.5) is 4.39 Å². The number of nitrogens with two attached hydrogens (primary N) is 1. The minimum Gasteiger partial charge on any atom is -0.486 e. The lowest BCUT2D eigenvalue weighted by Gasteiger charge is -2.24. The highest BCUT2D eigenvalue weighted by Crippen LogP contribution is 2.21. The fourth-order valence-electron chi connectivity index (χ4n) is 1.85. The molecule has 1 atom stereocenters. The quantitative estimate of drug-likeness (QED) is 0.827. The molecule has 92 valence electrons. The minimum atomic E-state index is -0.644. The molecule has 0 aromatic heterocycles. The smallest absolute Gasteiger partial charge is 0.248 e. The Morgan fingerprint density at radius 3 is 2.94 bits per heavy atom. The van der Waals surface area contributed by atoms with Gasteiger partial charge in [-0.2, -0.15) is 0 Å². The number of nitrogens with one attached hydrogen (secondary N) is 1. The van der Waals surface area contributed by atoms with Crippen LogP contribution >= 0.6 is 0 Å². The van der Waals surface area contributed by atoms with Gasteiger partial charge in [-0.25, -0.2) is 4.39 Å². The molecule has 0 unspecified atom stereocenters. The fraction of sp³-hybridized carbons (Fsp3) is 0.417. The Balaban J connectivity index is 2.08. The second-order valence-electron chi connectivity index (χ2n) is 4.10. The second-order valence-corrected chi connectivity index (χ2v) is 4.10. The summed E-state index contributed by atoms with van der Waals surface area (Å²) in [5.41, 5.74) is 5.21. The maximum absolute atomic E-state index is 13.6. The maximum atomic E-state index is 13.6. The lowest BCUT2D eigenvalue weighted by Crippen LogP contribution is -2.37. The fourth-order valence-corrected chi connectivity index (χ4v) is 1.85. The lowest BCUT2D eigenvalue weighted by atomic mass is 10.1. The number of carbonyl (C=O) groups is 1. The zero-order chi connectivity index (χ0) is 12.3. The van der Waals surface area contributed by atoms with Gasteiger partial charge in [0, 0.05) is 12.1 Å². The lowest BCUT2D eigenvalue weighted by molar-refractivity contribution is 0.0999. The van der Waals surface area contributed by atoms with Gasteiger partial charge in [-0.05, 0) is 37.6 Å². The Kier molecular flexibility index (Phi) is 3.58. The number of halogens is 1. The number of benzene rings is 1. The van der Waals surface area contributed by atoms with E-state index in [1.54, 1.807) is 0 Å². The third kappa shape index (κ3) is 2.94. The average molecular weight is 238 g/mol. The van der Waals surface area contributed by atoms with Crippen molar-refractivity contribution in [3.8, 4) is 5.75 Å². The van der Waals surface area contributed by atoms with Crippen LogP contribution in [0.15, 0.2) is 18.2 Å². The predicted octanol–water partition coefficient (Wildman–Crippen LogP) is 1.06. The van der Waals surface area contributed by atoms with Crippen LogP contribution in [0, 0.1) is 5.82 Å². The summed E-state index contributed by atoms with van der Waals surface area (Å²) in [4.78, 5) is 10.9. The monoisotopic (exact) mass is 238 g/mol.